The Morgan fingerprint density at radius 2 is 2.00 bits per heavy atom. The molecule has 5 heteroatoms. The van der Waals surface area contributed by atoms with E-state index >= 15 is 0 Å². The number of hydrogen-bond donors (Lipinski definition) is 1. The predicted molar refractivity (Wildman–Crippen MR) is 106 cm³/mol. The number of benzene rings is 2. The Morgan fingerprint density at radius 1 is 1.25 bits per heavy atom. The number of aliphatic carboxylic acids is 1. The molecule has 0 aliphatic carbocycles. The number of nitrogens with zero attached hydrogens (tertiary/aromatic N) is 1. The van der Waals surface area contributed by atoms with Gasteiger partial charge < -0.3 is 14.7 Å². The molecule has 1 amide bonds. The van der Waals surface area contributed by atoms with Gasteiger partial charge >= 0.3 is 5.97 Å². The Labute approximate surface area is 162 Å². The molecule has 2 fully saturated rings. The molecule has 1 N–H and O–H groups in total. The fourth-order valence-electron chi connectivity index (χ4n) is 5.22. The van der Waals surface area contributed by atoms with Crippen LogP contribution in [-0.2, 0) is 14.3 Å². The van der Waals surface area contributed by atoms with Gasteiger partial charge in [-0.3, -0.25) is 9.59 Å². The number of fused-ring (bicyclic) bond motifs is 2. The van der Waals surface area contributed by atoms with Gasteiger partial charge in [-0.2, -0.15) is 0 Å². The summed E-state index contributed by atoms with van der Waals surface area (Å²) in [5.74, 6) is -2.74. The van der Waals surface area contributed by atoms with E-state index in [0.717, 1.165) is 22.0 Å². The average Bonchev–Trinajstić information content (AvgIpc) is 3.30. The first-order valence-electron chi connectivity index (χ1n) is 9.49. The molecule has 2 aromatic rings. The molecule has 5 rings (SSSR count). The van der Waals surface area contributed by atoms with Crippen molar-refractivity contribution < 1.29 is 19.4 Å². The minimum absolute atomic E-state index is 0.179. The van der Waals surface area contributed by atoms with Gasteiger partial charge in [-0.05, 0) is 24.8 Å². The van der Waals surface area contributed by atoms with Crippen LogP contribution in [0.5, 0.6) is 0 Å². The molecule has 0 saturated carbocycles. The number of carboxylic acid groups (broad SMARTS) is 1. The highest BCUT2D eigenvalue weighted by Crippen LogP contribution is 2.57. The summed E-state index contributed by atoms with van der Waals surface area (Å²) in [6, 6.07) is 13.4. The van der Waals surface area contributed by atoms with Crippen molar-refractivity contribution in [1.82, 2.24) is 0 Å². The summed E-state index contributed by atoms with van der Waals surface area (Å²) in [6.07, 6.45) is 3.72. The molecule has 3 aliphatic heterocycles. The minimum Gasteiger partial charge on any atom is -0.481 e. The zero-order valence-electron chi connectivity index (χ0n) is 15.5. The second-order valence-corrected chi connectivity index (χ2v) is 8.02. The molecule has 1 spiro atoms. The molecular formula is C23H21NO4. The SMILES string of the molecule is C=C(C)C[C@@H]1N(c2cccc3ccccc23)C(=O)[C@H]2[C@@H](C(=O)O)[C@H]3C=C[C@@]12O3. The van der Waals surface area contributed by atoms with E-state index in [1.165, 1.54) is 0 Å². The highest BCUT2D eigenvalue weighted by molar-refractivity contribution is 6.09. The third-order valence-electron chi connectivity index (χ3n) is 6.27. The summed E-state index contributed by atoms with van der Waals surface area (Å²) in [4.78, 5) is 27.4. The van der Waals surface area contributed by atoms with Gasteiger partial charge in [0.05, 0.1) is 23.8 Å². The molecule has 2 saturated heterocycles. The molecule has 5 atom stereocenters. The van der Waals surface area contributed by atoms with E-state index in [2.05, 4.69) is 6.58 Å². The molecular weight excluding hydrogens is 354 g/mol. The molecule has 5 nitrogen and oxygen atoms in total. The summed E-state index contributed by atoms with van der Waals surface area (Å²) < 4.78 is 6.21. The third-order valence-corrected chi connectivity index (χ3v) is 6.27. The van der Waals surface area contributed by atoms with Crippen LogP contribution >= 0.6 is 0 Å². The number of carbonyl (C=O) groups is 2. The molecule has 142 valence electrons. The van der Waals surface area contributed by atoms with Crippen LogP contribution in [0.2, 0.25) is 0 Å². The van der Waals surface area contributed by atoms with Crippen LogP contribution in [-0.4, -0.2) is 34.7 Å². The predicted octanol–water partition coefficient (Wildman–Crippen LogP) is 3.55. The molecule has 3 heterocycles. The van der Waals surface area contributed by atoms with Crippen LogP contribution in [0.25, 0.3) is 10.8 Å². The van der Waals surface area contributed by atoms with E-state index < -0.39 is 29.5 Å². The van der Waals surface area contributed by atoms with Crippen LogP contribution in [0.3, 0.4) is 0 Å². The number of carbonyl (C=O) groups excluding carboxylic acids is 1. The number of carboxylic acids is 1. The van der Waals surface area contributed by atoms with Crippen LogP contribution in [0.1, 0.15) is 13.3 Å². The van der Waals surface area contributed by atoms with Gasteiger partial charge in [0.25, 0.3) is 0 Å². The zero-order valence-corrected chi connectivity index (χ0v) is 15.5. The smallest absolute Gasteiger partial charge is 0.310 e. The van der Waals surface area contributed by atoms with Crippen molar-refractivity contribution in [2.75, 3.05) is 4.90 Å². The summed E-state index contributed by atoms with van der Waals surface area (Å²) in [5.41, 5.74) is 0.806. The van der Waals surface area contributed by atoms with E-state index in [1.54, 1.807) is 11.0 Å². The van der Waals surface area contributed by atoms with Crippen molar-refractivity contribution in [3.8, 4) is 0 Å². The number of hydrogen-bond acceptors (Lipinski definition) is 3. The fraction of sp³-hybridized carbons (Fsp3) is 0.304. The zero-order chi connectivity index (χ0) is 19.6. The second-order valence-electron chi connectivity index (χ2n) is 8.02. The minimum atomic E-state index is -0.983. The van der Waals surface area contributed by atoms with Gasteiger partial charge in [-0.25, -0.2) is 0 Å². The van der Waals surface area contributed by atoms with E-state index in [-0.39, 0.29) is 11.9 Å². The third kappa shape index (κ3) is 2.11. The summed E-state index contributed by atoms with van der Waals surface area (Å²) in [5, 5.41) is 11.8. The van der Waals surface area contributed by atoms with E-state index in [4.69, 9.17) is 4.74 Å². The number of amides is 1. The highest BCUT2D eigenvalue weighted by Gasteiger charge is 2.71. The van der Waals surface area contributed by atoms with Crippen LogP contribution in [0.15, 0.2) is 66.8 Å². The molecule has 0 unspecified atom stereocenters. The van der Waals surface area contributed by atoms with Gasteiger partial charge in [0.2, 0.25) is 5.91 Å². The van der Waals surface area contributed by atoms with Crippen LogP contribution in [0.4, 0.5) is 5.69 Å². The highest BCUT2D eigenvalue weighted by atomic mass is 16.5. The van der Waals surface area contributed by atoms with Crippen molar-refractivity contribution in [2.45, 2.75) is 31.1 Å². The van der Waals surface area contributed by atoms with Crippen molar-refractivity contribution in [2.24, 2.45) is 11.8 Å². The number of anilines is 1. The Balaban J connectivity index is 1.71. The van der Waals surface area contributed by atoms with E-state index in [1.807, 2.05) is 55.5 Å². The summed E-state index contributed by atoms with van der Waals surface area (Å²) >= 11 is 0. The maximum atomic E-state index is 13.6. The lowest BCUT2D eigenvalue weighted by molar-refractivity contribution is -0.146. The lowest BCUT2D eigenvalue weighted by atomic mass is 9.74. The van der Waals surface area contributed by atoms with Gasteiger partial charge in [-0.15, -0.1) is 6.58 Å². The summed E-state index contributed by atoms with van der Waals surface area (Å²) in [7, 11) is 0. The molecule has 0 aromatic heterocycles. The van der Waals surface area contributed by atoms with E-state index in [0.29, 0.717) is 6.42 Å². The Morgan fingerprint density at radius 3 is 2.75 bits per heavy atom. The lowest BCUT2D eigenvalue weighted by Crippen LogP contribution is -2.45. The van der Waals surface area contributed by atoms with Crippen molar-refractivity contribution in [3.63, 3.8) is 0 Å². The summed E-state index contributed by atoms with van der Waals surface area (Å²) in [6.45, 7) is 5.97. The normalized spacial score (nSPS) is 32.9. The molecule has 2 bridgehead atoms. The number of rotatable bonds is 4. The van der Waals surface area contributed by atoms with Crippen molar-refractivity contribution in [1.29, 1.82) is 0 Å². The van der Waals surface area contributed by atoms with Gasteiger partial charge in [-0.1, -0.05) is 54.1 Å². The first-order valence-corrected chi connectivity index (χ1v) is 9.49. The number of ether oxygens (including phenoxy) is 1. The lowest BCUT2D eigenvalue weighted by Gasteiger charge is -2.34. The maximum absolute atomic E-state index is 13.6. The largest absolute Gasteiger partial charge is 0.481 e. The maximum Gasteiger partial charge on any atom is 0.310 e. The quantitative estimate of drug-likeness (QED) is 0.830. The Bertz CT molecular complexity index is 1050. The van der Waals surface area contributed by atoms with Crippen molar-refractivity contribution >= 4 is 28.3 Å². The average molecular weight is 375 g/mol. The van der Waals surface area contributed by atoms with Crippen LogP contribution < -0.4 is 4.90 Å². The van der Waals surface area contributed by atoms with Gasteiger partial charge in [0.15, 0.2) is 0 Å². The molecule has 28 heavy (non-hydrogen) atoms. The molecule has 0 radical (unpaired) electrons. The molecule has 3 aliphatic rings. The standard InChI is InChI=1S/C23H21NO4/c1-13(2)12-18-23-11-10-17(28-23)19(22(26)27)20(23)21(25)24(18)16-9-5-7-14-6-3-4-8-15(14)16/h3-11,17-20H,1,12H2,2H3,(H,26,27)/t17-,18+,19+,20-,23-/m1/s1. The monoisotopic (exact) mass is 375 g/mol. The second kappa shape index (κ2) is 5.79. The van der Waals surface area contributed by atoms with E-state index in [9.17, 15) is 14.7 Å². The Kier molecular flexibility index (Phi) is 3.55. The van der Waals surface area contributed by atoms with Gasteiger partial charge in [0, 0.05) is 5.39 Å². The molecule has 2 aromatic carbocycles. The Hall–Kier alpha value is -2.92. The topological polar surface area (TPSA) is 66.8 Å². The van der Waals surface area contributed by atoms with Crippen LogP contribution in [0, 0.1) is 11.8 Å². The van der Waals surface area contributed by atoms with Gasteiger partial charge in [0.1, 0.15) is 11.5 Å². The van der Waals surface area contributed by atoms with Crippen molar-refractivity contribution in [3.05, 3.63) is 66.8 Å². The fourth-order valence-corrected chi connectivity index (χ4v) is 5.22. The first-order chi connectivity index (χ1) is 13.4. The first kappa shape index (κ1) is 17.2.